The van der Waals surface area contributed by atoms with Gasteiger partial charge in [0.05, 0.1) is 0 Å². The molecule has 0 aliphatic carbocycles. The Morgan fingerprint density at radius 2 is 2.12 bits per heavy atom. The molecule has 0 radical (unpaired) electrons. The maximum Gasteiger partial charge on any atom is 0.319 e. The number of benzene rings is 1. The van der Waals surface area contributed by atoms with Gasteiger partial charge in [0.15, 0.2) is 0 Å². The van der Waals surface area contributed by atoms with Crippen LogP contribution in [0.5, 0.6) is 0 Å². The molecule has 0 amide bonds. The Labute approximate surface area is 107 Å². The standard InChI is InChI=1S/C14H18O2S/c1-2-3-7-11-10-13(14(15)16-11)17-12-8-5-4-6-9-12/h4-6,8-9,11,13H,2-3,7,10H2,1H3/t11-,13-/m0/s1. The summed E-state index contributed by atoms with van der Waals surface area (Å²) in [6.45, 7) is 2.16. The molecule has 3 heteroatoms. The molecule has 0 bridgehead atoms. The minimum Gasteiger partial charge on any atom is -0.461 e. The molecule has 92 valence electrons. The molecule has 1 aliphatic heterocycles. The van der Waals surface area contributed by atoms with Crippen LogP contribution in [-0.4, -0.2) is 17.3 Å². The van der Waals surface area contributed by atoms with Gasteiger partial charge in [-0.1, -0.05) is 38.0 Å². The van der Waals surface area contributed by atoms with Crippen LogP contribution in [0.15, 0.2) is 35.2 Å². The molecule has 0 spiro atoms. The Morgan fingerprint density at radius 1 is 1.35 bits per heavy atom. The van der Waals surface area contributed by atoms with Crippen molar-refractivity contribution in [2.75, 3.05) is 0 Å². The van der Waals surface area contributed by atoms with Crippen molar-refractivity contribution in [2.45, 2.75) is 48.9 Å². The van der Waals surface area contributed by atoms with Crippen molar-refractivity contribution in [3.8, 4) is 0 Å². The third kappa shape index (κ3) is 3.50. The van der Waals surface area contributed by atoms with E-state index >= 15 is 0 Å². The fourth-order valence-electron chi connectivity index (χ4n) is 1.99. The van der Waals surface area contributed by atoms with E-state index in [0.717, 1.165) is 30.6 Å². The van der Waals surface area contributed by atoms with Crippen molar-refractivity contribution in [1.29, 1.82) is 0 Å². The number of unbranched alkanes of at least 4 members (excludes halogenated alkanes) is 1. The largest absolute Gasteiger partial charge is 0.461 e. The Balaban J connectivity index is 1.88. The van der Waals surface area contributed by atoms with Crippen LogP contribution < -0.4 is 0 Å². The minimum absolute atomic E-state index is 0.0146. The first-order chi connectivity index (χ1) is 8.29. The van der Waals surface area contributed by atoms with Crippen LogP contribution in [-0.2, 0) is 9.53 Å². The highest BCUT2D eigenvalue weighted by atomic mass is 32.2. The first-order valence-electron chi connectivity index (χ1n) is 6.21. The number of cyclic esters (lactones) is 1. The molecule has 1 heterocycles. The number of hydrogen-bond donors (Lipinski definition) is 0. The molecule has 1 aromatic rings. The van der Waals surface area contributed by atoms with Gasteiger partial charge in [-0.15, -0.1) is 11.8 Å². The van der Waals surface area contributed by atoms with Crippen molar-refractivity contribution in [3.05, 3.63) is 30.3 Å². The van der Waals surface area contributed by atoms with Crippen molar-refractivity contribution >= 4 is 17.7 Å². The second kappa shape index (κ2) is 6.10. The summed E-state index contributed by atoms with van der Waals surface area (Å²) in [5, 5.41) is -0.0146. The number of hydrogen-bond acceptors (Lipinski definition) is 3. The lowest BCUT2D eigenvalue weighted by Gasteiger charge is -2.06. The molecular formula is C14H18O2S. The summed E-state index contributed by atoms with van der Waals surface area (Å²) in [5.41, 5.74) is 0. The summed E-state index contributed by atoms with van der Waals surface area (Å²) in [4.78, 5) is 12.9. The van der Waals surface area contributed by atoms with Crippen LogP contribution in [0.3, 0.4) is 0 Å². The molecule has 0 saturated carbocycles. The zero-order valence-corrected chi connectivity index (χ0v) is 10.9. The molecule has 1 fully saturated rings. The van der Waals surface area contributed by atoms with Gasteiger partial charge >= 0.3 is 5.97 Å². The quantitative estimate of drug-likeness (QED) is 0.746. The van der Waals surface area contributed by atoms with E-state index in [1.54, 1.807) is 11.8 Å². The first kappa shape index (κ1) is 12.5. The van der Waals surface area contributed by atoms with Gasteiger partial charge in [0.1, 0.15) is 11.4 Å². The topological polar surface area (TPSA) is 26.3 Å². The SMILES string of the molecule is CCCC[C@H]1C[C@H](Sc2ccccc2)C(=O)O1. The summed E-state index contributed by atoms with van der Waals surface area (Å²) in [7, 11) is 0. The van der Waals surface area contributed by atoms with Gasteiger partial charge < -0.3 is 4.74 Å². The molecule has 1 aromatic carbocycles. The van der Waals surface area contributed by atoms with Gasteiger partial charge in [-0.25, -0.2) is 0 Å². The second-order valence-corrected chi connectivity index (χ2v) is 5.63. The average Bonchev–Trinajstić information content (AvgIpc) is 2.69. The molecule has 17 heavy (non-hydrogen) atoms. The van der Waals surface area contributed by atoms with Gasteiger partial charge in [-0.2, -0.15) is 0 Å². The maximum atomic E-state index is 11.7. The highest BCUT2D eigenvalue weighted by Gasteiger charge is 2.34. The number of ether oxygens (including phenoxy) is 1. The summed E-state index contributed by atoms with van der Waals surface area (Å²) >= 11 is 1.62. The molecule has 2 atom stereocenters. The van der Waals surface area contributed by atoms with Crippen LogP contribution in [0.25, 0.3) is 0 Å². The summed E-state index contributed by atoms with van der Waals surface area (Å²) in [5.74, 6) is -0.0417. The Morgan fingerprint density at radius 3 is 2.82 bits per heavy atom. The maximum absolute atomic E-state index is 11.7. The van der Waals surface area contributed by atoms with Gasteiger partial charge in [0.25, 0.3) is 0 Å². The second-order valence-electron chi connectivity index (χ2n) is 4.36. The molecular weight excluding hydrogens is 232 g/mol. The zero-order valence-electron chi connectivity index (χ0n) is 10.1. The molecule has 2 rings (SSSR count). The van der Waals surface area contributed by atoms with Crippen molar-refractivity contribution in [1.82, 2.24) is 0 Å². The van der Waals surface area contributed by atoms with E-state index in [1.807, 2.05) is 30.3 Å². The van der Waals surface area contributed by atoms with E-state index in [4.69, 9.17) is 4.74 Å². The van der Waals surface area contributed by atoms with Gasteiger partial charge in [0, 0.05) is 11.3 Å². The predicted octanol–water partition coefficient (Wildman–Crippen LogP) is 3.65. The Bertz CT molecular complexity index is 364. The highest BCUT2D eigenvalue weighted by molar-refractivity contribution is 8.00. The number of carbonyl (C=O) groups excluding carboxylic acids is 1. The molecule has 0 unspecified atom stereocenters. The highest BCUT2D eigenvalue weighted by Crippen LogP contribution is 2.33. The smallest absolute Gasteiger partial charge is 0.319 e. The van der Waals surface area contributed by atoms with E-state index in [0.29, 0.717) is 0 Å². The van der Waals surface area contributed by atoms with Gasteiger partial charge in [-0.05, 0) is 18.6 Å². The molecule has 1 aliphatic rings. The normalized spacial score (nSPS) is 23.7. The number of esters is 1. The van der Waals surface area contributed by atoms with E-state index in [-0.39, 0.29) is 17.3 Å². The van der Waals surface area contributed by atoms with Gasteiger partial charge in [-0.3, -0.25) is 4.79 Å². The van der Waals surface area contributed by atoms with E-state index in [2.05, 4.69) is 6.92 Å². The fourth-order valence-corrected chi connectivity index (χ4v) is 3.10. The van der Waals surface area contributed by atoms with E-state index < -0.39 is 0 Å². The van der Waals surface area contributed by atoms with Gasteiger partial charge in [0.2, 0.25) is 0 Å². The summed E-state index contributed by atoms with van der Waals surface area (Å²) in [6, 6.07) is 10.1. The predicted molar refractivity (Wildman–Crippen MR) is 70.1 cm³/mol. The molecule has 1 saturated heterocycles. The van der Waals surface area contributed by atoms with Crippen LogP contribution in [0.2, 0.25) is 0 Å². The van der Waals surface area contributed by atoms with Crippen LogP contribution in [0.1, 0.15) is 32.6 Å². The van der Waals surface area contributed by atoms with Crippen LogP contribution in [0, 0.1) is 0 Å². The molecule has 0 aromatic heterocycles. The van der Waals surface area contributed by atoms with Crippen molar-refractivity contribution < 1.29 is 9.53 Å². The van der Waals surface area contributed by atoms with Crippen molar-refractivity contribution in [3.63, 3.8) is 0 Å². The zero-order chi connectivity index (χ0) is 12.1. The fraction of sp³-hybridized carbons (Fsp3) is 0.500. The first-order valence-corrected chi connectivity index (χ1v) is 7.09. The monoisotopic (exact) mass is 250 g/mol. The molecule has 0 N–H and O–H groups in total. The Kier molecular flexibility index (Phi) is 4.49. The Hall–Kier alpha value is -0.960. The minimum atomic E-state index is -0.0417. The van der Waals surface area contributed by atoms with E-state index in [9.17, 15) is 4.79 Å². The molecule has 2 nitrogen and oxygen atoms in total. The number of rotatable bonds is 5. The average molecular weight is 250 g/mol. The van der Waals surface area contributed by atoms with E-state index in [1.165, 1.54) is 0 Å². The summed E-state index contributed by atoms with van der Waals surface area (Å²) in [6.07, 6.45) is 4.31. The summed E-state index contributed by atoms with van der Waals surface area (Å²) < 4.78 is 5.39. The van der Waals surface area contributed by atoms with Crippen LogP contribution in [0.4, 0.5) is 0 Å². The van der Waals surface area contributed by atoms with Crippen LogP contribution >= 0.6 is 11.8 Å². The lowest BCUT2D eigenvalue weighted by atomic mass is 10.1. The third-order valence-electron chi connectivity index (χ3n) is 2.92. The lowest BCUT2D eigenvalue weighted by Crippen LogP contribution is -2.09. The number of carbonyl (C=O) groups is 1. The lowest BCUT2D eigenvalue weighted by molar-refractivity contribution is -0.141. The third-order valence-corrected chi connectivity index (χ3v) is 4.14. The van der Waals surface area contributed by atoms with Crippen molar-refractivity contribution in [2.24, 2.45) is 0 Å². The number of thioether (sulfide) groups is 1.